The molecule has 0 aliphatic heterocycles. The highest BCUT2D eigenvalue weighted by Crippen LogP contribution is 2.24. The van der Waals surface area contributed by atoms with Gasteiger partial charge < -0.3 is 15.0 Å². The van der Waals surface area contributed by atoms with Gasteiger partial charge in [0.15, 0.2) is 0 Å². The number of hydrogen-bond acceptors (Lipinski definition) is 3. The number of carbonyl (C=O) groups excluding carboxylic acids is 1. The van der Waals surface area contributed by atoms with Crippen molar-refractivity contribution in [1.29, 1.82) is 0 Å². The molecule has 1 heterocycles. The molecule has 5 heteroatoms. The summed E-state index contributed by atoms with van der Waals surface area (Å²) in [4.78, 5) is 29.3. The first-order chi connectivity index (χ1) is 10.0. The fourth-order valence-corrected chi connectivity index (χ4v) is 3.21. The molecule has 5 nitrogen and oxygen atoms in total. The molecule has 1 fully saturated rings. The van der Waals surface area contributed by atoms with E-state index >= 15 is 0 Å². The molecular formula is C16H24N2O3. The molecule has 0 unspecified atom stereocenters. The maximum absolute atomic E-state index is 12.8. The molecule has 0 bridgehead atoms. The van der Waals surface area contributed by atoms with E-state index in [1.807, 2.05) is 6.07 Å². The van der Waals surface area contributed by atoms with Crippen molar-refractivity contribution in [2.24, 2.45) is 0 Å². The van der Waals surface area contributed by atoms with E-state index in [0.717, 1.165) is 31.4 Å². The first-order valence-electron chi connectivity index (χ1n) is 7.67. The van der Waals surface area contributed by atoms with E-state index in [2.05, 4.69) is 4.98 Å². The zero-order chi connectivity index (χ0) is 15.4. The van der Waals surface area contributed by atoms with Crippen molar-refractivity contribution in [3.05, 3.63) is 33.2 Å². The summed E-state index contributed by atoms with van der Waals surface area (Å²) in [6.07, 6.45) is 5.30. The number of nitrogens with one attached hydrogen (secondary N) is 1. The number of aliphatic hydroxyl groups is 1. The van der Waals surface area contributed by atoms with Gasteiger partial charge in [-0.2, -0.15) is 0 Å². The van der Waals surface area contributed by atoms with E-state index in [0.29, 0.717) is 5.56 Å². The minimum Gasteiger partial charge on any atom is -0.395 e. The molecule has 0 spiro atoms. The number of carbonyl (C=O) groups is 1. The van der Waals surface area contributed by atoms with Crippen LogP contribution in [0, 0.1) is 13.8 Å². The van der Waals surface area contributed by atoms with Gasteiger partial charge in [0.25, 0.3) is 11.5 Å². The average molecular weight is 292 g/mol. The molecular weight excluding hydrogens is 268 g/mol. The van der Waals surface area contributed by atoms with Gasteiger partial charge in [-0.1, -0.05) is 19.3 Å². The van der Waals surface area contributed by atoms with Crippen LogP contribution in [-0.4, -0.2) is 40.1 Å². The largest absolute Gasteiger partial charge is 0.395 e. The van der Waals surface area contributed by atoms with Crippen molar-refractivity contribution < 1.29 is 9.90 Å². The summed E-state index contributed by atoms with van der Waals surface area (Å²) in [6, 6.07) is 1.95. The molecule has 1 aromatic heterocycles. The Balaban J connectivity index is 2.32. The number of aromatic amines is 1. The first kappa shape index (κ1) is 15.8. The monoisotopic (exact) mass is 292 g/mol. The standard InChI is InChI=1S/C16H24N2O3/c1-11-10-12(2)17-15(20)14(11)16(21)18(8-9-19)13-6-4-3-5-7-13/h10,13,19H,3-9H2,1-2H3,(H,17,20). The van der Waals surface area contributed by atoms with E-state index in [4.69, 9.17) is 0 Å². The first-order valence-corrected chi connectivity index (χ1v) is 7.67. The van der Waals surface area contributed by atoms with Gasteiger partial charge >= 0.3 is 0 Å². The van der Waals surface area contributed by atoms with E-state index in [1.165, 1.54) is 6.42 Å². The van der Waals surface area contributed by atoms with Crippen molar-refractivity contribution in [3.63, 3.8) is 0 Å². The molecule has 0 atom stereocenters. The van der Waals surface area contributed by atoms with E-state index in [1.54, 1.807) is 18.7 Å². The van der Waals surface area contributed by atoms with Crippen molar-refractivity contribution in [2.45, 2.75) is 52.0 Å². The Morgan fingerprint density at radius 1 is 1.33 bits per heavy atom. The van der Waals surface area contributed by atoms with Crippen molar-refractivity contribution in [3.8, 4) is 0 Å². The number of nitrogens with zero attached hydrogens (tertiary/aromatic N) is 1. The predicted octanol–water partition coefficient (Wildman–Crippen LogP) is 1.76. The second-order valence-electron chi connectivity index (χ2n) is 5.85. The molecule has 2 N–H and O–H groups in total. The molecule has 1 amide bonds. The lowest BCUT2D eigenvalue weighted by molar-refractivity contribution is 0.0583. The van der Waals surface area contributed by atoms with Crippen molar-refractivity contribution >= 4 is 5.91 Å². The SMILES string of the molecule is Cc1cc(C)c(C(=O)N(CCO)C2CCCCC2)c(=O)[nH]1. The number of aryl methyl sites for hydroxylation is 2. The van der Waals surface area contributed by atoms with Gasteiger partial charge in [-0.05, 0) is 38.3 Å². The third-order valence-electron chi connectivity index (χ3n) is 4.20. The van der Waals surface area contributed by atoms with Gasteiger partial charge in [0.2, 0.25) is 0 Å². The molecule has 1 aliphatic rings. The summed E-state index contributed by atoms with van der Waals surface area (Å²) >= 11 is 0. The van der Waals surface area contributed by atoms with Gasteiger partial charge in [0, 0.05) is 18.3 Å². The number of aliphatic hydroxyl groups excluding tert-OH is 1. The Hall–Kier alpha value is -1.62. The number of aromatic nitrogens is 1. The molecule has 0 saturated heterocycles. The van der Waals surface area contributed by atoms with E-state index < -0.39 is 0 Å². The number of hydrogen-bond donors (Lipinski definition) is 2. The van der Waals surface area contributed by atoms with Crippen LogP contribution in [0.4, 0.5) is 0 Å². The van der Waals surface area contributed by atoms with Crippen LogP contribution in [0.1, 0.15) is 53.7 Å². The number of amides is 1. The summed E-state index contributed by atoms with van der Waals surface area (Å²) < 4.78 is 0. The molecule has 0 aromatic carbocycles. The Morgan fingerprint density at radius 3 is 2.57 bits per heavy atom. The van der Waals surface area contributed by atoms with Gasteiger partial charge in [-0.3, -0.25) is 9.59 Å². The van der Waals surface area contributed by atoms with Crippen LogP contribution < -0.4 is 5.56 Å². The lowest BCUT2D eigenvalue weighted by Crippen LogP contribution is -2.45. The topological polar surface area (TPSA) is 73.4 Å². The minimum absolute atomic E-state index is 0.0783. The van der Waals surface area contributed by atoms with Crippen molar-refractivity contribution in [1.82, 2.24) is 9.88 Å². The second kappa shape index (κ2) is 6.89. The molecule has 0 radical (unpaired) electrons. The number of rotatable bonds is 4. The van der Waals surface area contributed by atoms with Crippen LogP contribution in [0.2, 0.25) is 0 Å². The average Bonchev–Trinajstić information content (AvgIpc) is 2.44. The molecule has 21 heavy (non-hydrogen) atoms. The molecule has 1 aliphatic carbocycles. The maximum Gasteiger partial charge on any atom is 0.261 e. The minimum atomic E-state index is -0.337. The molecule has 116 valence electrons. The third kappa shape index (κ3) is 3.53. The van der Waals surface area contributed by atoms with Crippen LogP contribution in [-0.2, 0) is 0 Å². The van der Waals surface area contributed by atoms with Crippen LogP contribution in [0.5, 0.6) is 0 Å². The van der Waals surface area contributed by atoms with Crippen molar-refractivity contribution in [2.75, 3.05) is 13.2 Å². The summed E-state index contributed by atoms with van der Waals surface area (Å²) in [5.41, 5.74) is 1.32. The zero-order valence-electron chi connectivity index (χ0n) is 12.8. The van der Waals surface area contributed by atoms with Gasteiger partial charge in [-0.15, -0.1) is 0 Å². The highest BCUT2D eigenvalue weighted by atomic mass is 16.3. The van der Waals surface area contributed by atoms with Crippen LogP contribution in [0.25, 0.3) is 0 Å². The Bertz CT molecular complexity index is 559. The Labute approximate surface area is 125 Å². The number of pyridine rings is 1. The molecule has 1 saturated carbocycles. The summed E-state index contributed by atoms with van der Waals surface area (Å²) in [5.74, 6) is -0.255. The van der Waals surface area contributed by atoms with E-state index in [9.17, 15) is 14.7 Å². The predicted molar refractivity (Wildman–Crippen MR) is 81.5 cm³/mol. The van der Waals surface area contributed by atoms with Gasteiger partial charge in [0.1, 0.15) is 5.56 Å². The fraction of sp³-hybridized carbons (Fsp3) is 0.625. The van der Waals surface area contributed by atoms with Crippen LogP contribution in [0.15, 0.2) is 10.9 Å². The van der Waals surface area contributed by atoms with E-state index in [-0.39, 0.29) is 36.2 Å². The zero-order valence-corrected chi connectivity index (χ0v) is 12.8. The van der Waals surface area contributed by atoms with Crippen LogP contribution in [0.3, 0.4) is 0 Å². The van der Waals surface area contributed by atoms with Gasteiger partial charge in [0.05, 0.1) is 6.61 Å². The molecule has 1 aromatic rings. The highest BCUT2D eigenvalue weighted by Gasteiger charge is 2.28. The second-order valence-corrected chi connectivity index (χ2v) is 5.85. The lowest BCUT2D eigenvalue weighted by atomic mass is 9.93. The Morgan fingerprint density at radius 2 is 2.00 bits per heavy atom. The maximum atomic E-state index is 12.8. The Kier molecular flexibility index (Phi) is 5.17. The third-order valence-corrected chi connectivity index (χ3v) is 4.20. The fourth-order valence-electron chi connectivity index (χ4n) is 3.21. The highest BCUT2D eigenvalue weighted by molar-refractivity contribution is 5.95. The normalized spacial score (nSPS) is 16.0. The number of H-pyrrole nitrogens is 1. The lowest BCUT2D eigenvalue weighted by Gasteiger charge is -2.34. The summed E-state index contributed by atoms with van der Waals surface area (Å²) in [7, 11) is 0. The summed E-state index contributed by atoms with van der Waals surface area (Å²) in [6.45, 7) is 3.80. The quantitative estimate of drug-likeness (QED) is 0.888. The summed E-state index contributed by atoms with van der Waals surface area (Å²) in [5, 5.41) is 9.27. The smallest absolute Gasteiger partial charge is 0.261 e. The molecule has 2 rings (SSSR count). The van der Waals surface area contributed by atoms with Crippen LogP contribution >= 0.6 is 0 Å². The van der Waals surface area contributed by atoms with Gasteiger partial charge in [-0.25, -0.2) is 0 Å².